The maximum atomic E-state index is 16.5. The molecule has 37 nitrogen and oxygen atoms in total. The smallest absolute Gasteiger partial charge is 0.331 e. The predicted molar refractivity (Wildman–Crippen MR) is 379 cm³/mol. The van der Waals surface area contributed by atoms with Crippen LogP contribution in [0.4, 0.5) is 0 Å². The van der Waals surface area contributed by atoms with Crippen LogP contribution < -0.4 is 4.74 Å². The molecule has 4 saturated carbocycles. The fourth-order valence-electron chi connectivity index (χ4n) is 20.7. The van der Waals surface area contributed by atoms with Crippen LogP contribution in [0.25, 0.3) is 6.08 Å². The van der Waals surface area contributed by atoms with Gasteiger partial charge in [0.25, 0.3) is 0 Å². The fourth-order valence-corrected chi connectivity index (χ4v) is 20.7. The van der Waals surface area contributed by atoms with Gasteiger partial charge in [0, 0.05) is 18.4 Å². The van der Waals surface area contributed by atoms with E-state index in [0.29, 0.717) is 30.6 Å². The molecule has 0 amide bonds. The molecule has 6 saturated heterocycles. The second-order valence-corrected chi connectivity index (χ2v) is 34.4. The molecule has 0 radical (unpaired) electrons. The number of carboxylic acids is 1. The zero-order chi connectivity index (χ0) is 83.1. The normalized spacial score (nSPS) is 48.8. The number of carbonyl (C=O) groups excluding carboxylic acids is 3. The molecule has 6 aliphatic heterocycles. The third kappa shape index (κ3) is 16.0. The van der Waals surface area contributed by atoms with E-state index in [2.05, 4.69) is 6.92 Å². The number of hydrogen-bond acceptors (Lipinski definition) is 36. The van der Waals surface area contributed by atoms with Crippen LogP contribution in [0.2, 0.25) is 0 Å². The fraction of sp³-hybridized carbons (Fsp3) is 0.818. The number of allylic oxidation sites excluding steroid dienone is 1. The Bertz CT molecular complexity index is 3570. The number of hydrogen-bond donors (Lipinski definition) is 18. The maximum absolute atomic E-state index is 16.5. The van der Waals surface area contributed by atoms with Gasteiger partial charge >= 0.3 is 23.9 Å². The van der Waals surface area contributed by atoms with Gasteiger partial charge in [-0.25, -0.2) is 4.79 Å². The van der Waals surface area contributed by atoms with Crippen LogP contribution in [0.3, 0.4) is 0 Å². The minimum Gasteiger partial charge on any atom is -0.497 e. The number of carboxylic acid groups (broad SMARTS) is 1. The van der Waals surface area contributed by atoms with Crippen molar-refractivity contribution < 1.29 is 182 Å². The van der Waals surface area contributed by atoms with E-state index in [4.69, 9.17) is 71.1 Å². The highest BCUT2D eigenvalue weighted by molar-refractivity contribution is 5.87. The van der Waals surface area contributed by atoms with Crippen molar-refractivity contribution in [1.29, 1.82) is 0 Å². The molecule has 1 unspecified atom stereocenters. The van der Waals surface area contributed by atoms with Crippen LogP contribution in [0.15, 0.2) is 42.0 Å². The molecule has 114 heavy (non-hydrogen) atoms. The molecular formula is C77H114O37. The first-order chi connectivity index (χ1) is 53.7. The minimum absolute atomic E-state index is 0.0461. The lowest BCUT2D eigenvalue weighted by Crippen LogP contribution is -2.71. The highest BCUT2D eigenvalue weighted by Gasteiger charge is 2.74. The number of aliphatic hydroxyl groups is 17. The summed E-state index contributed by atoms with van der Waals surface area (Å²) in [6.07, 6.45) is -50.1. The topological polar surface area (TPSA) is 571 Å². The molecule has 0 spiro atoms. The molecule has 11 aliphatic rings. The van der Waals surface area contributed by atoms with Gasteiger partial charge in [-0.15, -0.1) is 0 Å². The van der Waals surface area contributed by atoms with Gasteiger partial charge in [0.1, 0.15) is 134 Å². The van der Waals surface area contributed by atoms with Gasteiger partial charge in [-0.3, -0.25) is 14.4 Å². The lowest BCUT2D eigenvalue weighted by molar-refractivity contribution is -0.393. The second kappa shape index (κ2) is 34.4. The predicted octanol–water partition coefficient (Wildman–Crippen LogP) is -3.84. The molecule has 39 atom stereocenters. The SMILES string of the molecule is COc1ccc(/C=C\C(=O)O[C@@H]2[C@H](O[C@@H]3O[C@H](COC(C)=O)[C@@H](O)[C@H](O)[C@H]3O)[C@@H](O[C@@H]3O[C@@H](C)[C@H](O[C@@H]4OC[C@@H](O[C@@H]5O[C@H](CO)[C@H](O)[C@H](O)[C@H]5O)[C@H](O)[C@H]4O)[C@@H](O)[C@H]3O)[C@H](OC(=O)[C@]34CCC(C)(C)C[C@H]3C3=CC[C@@H]5[C@@]6(C)C[C@H](O)[C@H](O[C@@H]7O[C@H](CO)[C@@H](O)[C@H](O)[C@H]7O)[C@@](C)(C(=O)O)C6CC[C@@]5(C)[C@]3(CO)CC4)O[C@@H]2C)cc1. The largest absolute Gasteiger partial charge is 0.497 e. The number of carbonyl (C=O) groups is 4. The van der Waals surface area contributed by atoms with E-state index >= 15 is 4.79 Å². The molecule has 644 valence electrons. The average Bonchev–Trinajstić information content (AvgIpc) is 0.670. The van der Waals surface area contributed by atoms with Crippen molar-refractivity contribution in [3.8, 4) is 5.75 Å². The van der Waals surface area contributed by atoms with Gasteiger partial charge in [0.05, 0.1) is 62.7 Å². The number of rotatable bonds is 22. The van der Waals surface area contributed by atoms with Crippen LogP contribution in [0.1, 0.15) is 119 Å². The Labute approximate surface area is 657 Å². The van der Waals surface area contributed by atoms with Crippen molar-refractivity contribution in [2.45, 2.75) is 304 Å². The lowest BCUT2D eigenvalue weighted by Gasteiger charge is -2.71. The van der Waals surface area contributed by atoms with Crippen LogP contribution in [0.5, 0.6) is 5.75 Å². The first kappa shape index (κ1) is 88.5. The quantitative estimate of drug-likeness (QED) is 0.0174. The van der Waals surface area contributed by atoms with Gasteiger partial charge in [-0.1, -0.05) is 51.5 Å². The Morgan fingerprint density at radius 2 is 1.08 bits per heavy atom. The molecule has 6 heterocycles. The molecule has 12 rings (SSSR count). The highest BCUT2D eigenvalue weighted by atomic mass is 16.8. The Morgan fingerprint density at radius 3 is 1.68 bits per heavy atom. The molecule has 5 aliphatic carbocycles. The van der Waals surface area contributed by atoms with Crippen LogP contribution in [-0.4, -0.2) is 346 Å². The number of esters is 3. The Hall–Kier alpha value is -4.74. The number of benzene rings is 1. The van der Waals surface area contributed by atoms with E-state index in [1.165, 1.54) is 34.0 Å². The van der Waals surface area contributed by atoms with E-state index in [1.807, 2.05) is 26.8 Å². The summed E-state index contributed by atoms with van der Waals surface area (Å²) in [5.74, 6) is -5.50. The lowest BCUT2D eigenvalue weighted by atomic mass is 9.33. The number of aliphatic carboxylic acids is 1. The first-order valence-corrected chi connectivity index (χ1v) is 39.0. The monoisotopic (exact) mass is 1630 g/mol. The number of methoxy groups -OCH3 is 1. The van der Waals surface area contributed by atoms with E-state index in [1.54, 1.807) is 24.3 Å². The van der Waals surface area contributed by atoms with E-state index in [0.717, 1.165) is 18.6 Å². The van der Waals surface area contributed by atoms with Crippen molar-refractivity contribution in [2.24, 2.45) is 50.2 Å². The van der Waals surface area contributed by atoms with Gasteiger partial charge in [0.15, 0.2) is 43.7 Å². The third-order valence-corrected chi connectivity index (χ3v) is 27.2. The zero-order valence-electron chi connectivity index (χ0n) is 64.9. The summed E-state index contributed by atoms with van der Waals surface area (Å²) in [7, 11) is 1.47. The first-order valence-electron chi connectivity index (χ1n) is 39.0. The average molecular weight is 1630 g/mol. The summed E-state index contributed by atoms with van der Waals surface area (Å²) in [5.41, 5.74) is -5.64. The Morgan fingerprint density at radius 1 is 0.544 bits per heavy atom. The second-order valence-electron chi connectivity index (χ2n) is 34.4. The summed E-state index contributed by atoms with van der Waals surface area (Å²) < 4.78 is 90.6. The van der Waals surface area contributed by atoms with E-state index < -0.39 is 297 Å². The summed E-state index contributed by atoms with van der Waals surface area (Å²) in [5, 5.41) is 202. The van der Waals surface area contributed by atoms with Gasteiger partial charge in [-0.05, 0) is 136 Å². The molecule has 1 aromatic carbocycles. The molecule has 0 bridgehead atoms. The van der Waals surface area contributed by atoms with E-state index in [9.17, 15) is 106 Å². The number of aliphatic hydroxyl groups excluding tert-OH is 17. The number of ether oxygens (including phenoxy) is 15. The Kier molecular flexibility index (Phi) is 26.7. The van der Waals surface area contributed by atoms with E-state index in [-0.39, 0.29) is 38.5 Å². The molecule has 0 aromatic heterocycles. The van der Waals surface area contributed by atoms with Crippen LogP contribution in [0, 0.1) is 50.2 Å². The summed E-state index contributed by atoms with van der Waals surface area (Å²) >= 11 is 0. The summed E-state index contributed by atoms with van der Waals surface area (Å²) in [6, 6.07) is 6.55. The van der Waals surface area contributed by atoms with Crippen molar-refractivity contribution >= 4 is 30.0 Å². The minimum atomic E-state index is -2.24. The van der Waals surface area contributed by atoms with Crippen molar-refractivity contribution in [2.75, 3.05) is 40.1 Å². The van der Waals surface area contributed by atoms with Gasteiger partial charge in [-0.2, -0.15) is 0 Å². The van der Waals surface area contributed by atoms with Crippen molar-refractivity contribution in [1.82, 2.24) is 0 Å². The van der Waals surface area contributed by atoms with Crippen molar-refractivity contribution in [3.63, 3.8) is 0 Å². The zero-order valence-corrected chi connectivity index (χ0v) is 64.9. The highest BCUT2D eigenvalue weighted by Crippen LogP contribution is 2.76. The third-order valence-electron chi connectivity index (χ3n) is 27.2. The molecule has 10 fully saturated rings. The Balaban J connectivity index is 0.871. The molecular weight excluding hydrogens is 1520 g/mol. The number of fused-ring (bicyclic) bond motifs is 7. The summed E-state index contributed by atoms with van der Waals surface area (Å²) in [4.78, 5) is 57.0. The van der Waals surface area contributed by atoms with Crippen molar-refractivity contribution in [3.05, 3.63) is 47.6 Å². The maximum Gasteiger partial charge on any atom is 0.331 e. The standard InChI is InChI=1S/C77H114O37/c1-31-59(110-64-54(92)49(87)42(29-102-64)107-66-55(93)50(88)46(84)39(26-78)105-66)53(91)58(96)65(103-31)112-62-61(111-67-56(94)52(90)48(86)41(108-67)28-101-33(3)81)60(109-45(83)17-12-34-10-13-35(100-9)14-11-34)32(2)104-69(62)114-71(99)76-21-20-72(4,5)24-37(76)36-15-16-43-73(6)25-38(82)63(113-68-57(95)51(89)47(85)40(27-79)106-68)75(8,70(97)98)44(73)18-19-74(43,7)77(36,30-80)23-22-76/h10-15,17,31-32,37-44,46-69,78-80,82,84-96H,16,18-30H2,1-9H3,(H,97,98)/b17-12-/t31-,32+,37-,38-,39+,40+,41+,42+,43+,44?,46-,47+,48+,49-,50-,51-,52-,53-,54+,55+,56+,57+,58+,59-,60-,61-,62+,63-,64-,65-,66-,67-,68-,69-,73+,74+,75-,76-,77-/m0/s1. The summed E-state index contributed by atoms with van der Waals surface area (Å²) in [6.45, 7) is 10.0. The van der Waals surface area contributed by atoms with Crippen LogP contribution >= 0.6 is 0 Å². The van der Waals surface area contributed by atoms with Crippen LogP contribution in [-0.2, 0) is 85.5 Å². The molecule has 1 aromatic rings. The van der Waals surface area contributed by atoms with Gasteiger partial charge in [0.2, 0.25) is 6.29 Å². The van der Waals surface area contributed by atoms with Gasteiger partial charge < -0.3 is 163 Å². The molecule has 37 heteroatoms. The molecule has 18 N–H and O–H groups in total.